The van der Waals surface area contributed by atoms with Gasteiger partial charge in [0.2, 0.25) is 15.9 Å². The zero-order chi connectivity index (χ0) is 19.6. The van der Waals surface area contributed by atoms with E-state index in [2.05, 4.69) is 21.2 Å². The third-order valence-corrected chi connectivity index (χ3v) is 7.04. The molecule has 1 fully saturated rings. The molecule has 0 aliphatic carbocycles. The number of carbonyl (C=O) groups is 1. The molecule has 1 atom stereocenters. The van der Waals surface area contributed by atoms with Crippen LogP contribution in [0.2, 0.25) is 5.02 Å². The van der Waals surface area contributed by atoms with Crippen LogP contribution in [-0.4, -0.2) is 31.7 Å². The molecule has 0 aromatic heterocycles. The third kappa shape index (κ3) is 4.68. The summed E-state index contributed by atoms with van der Waals surface area (Å²) in [4.78, 5) is 12.7. The highest BCUT2D eigenvalue weighted by atomic mass is 79.9. The summed E-state index contributed by atoms with van der Waals surface area (Å²) in [5.41, 5.74) is -0.0135. The van der Waals surface area contributed by atoms with Crippen molar-refractivity contribution < 1.29 is 17.6 Å². The lowest BCUT2D eigenvalue weighted by molar-refractivity contribution is -0.120. The van der Waals surface area contributed by atoms with Crippen molar-refractivity contribution >= 4 is 49.1 Å². The van der Waals surface area contributed by atoms with Crippen LogP contribution in [0.4, 0.5) is 10.1 Å². The summed E-state index contributed by atoms with van der Waals surface area (Å²) in [7, 11) is -3.70. The van der Waals surface area contributed by atoms with Crippen LogP contribution in [-0.2, 0) is 14.8 Å². The van der Waals surface area contributed by atoms with E-state index < -0.39 is 27.7 Å². The van der Waals surface area contributed by atoms with Gasteiger partial charge in [-0.15, -0.1) is 0 Å². The Balaban J connectivity index is 1.74. The van der Waals surface area contributed by atoms with Gasteiger partial charge in [0.1, 0.15) is 5.82 Å². The van der Waals surface area contributed by atoms with Crippen LogP contribution < -0.4 is 5.32 Å². The fraction of sp³-hybridized carbons (Fsp3) is 0.278. The van der Waals surface area contributed by atoms with Crippen molar-refractivity contribution in [3.8, 4) is 0 Å². The molecule has 1 aliphatic rings. The zero-order valence-electron chi connectivity index (χ0n) is 14.2. The van der Waals surface area contributed by atoms with Gasteiger partial charge in [-0.2, -0.15) is 4.31 Å². The number of anilines is 1. The van der Waals surface area contributed by atoms with Gasteiger partial charge in [-0.1, -0.05) is 27.5 Å². The van der Waals surface area contributed by atoms with Gasteiger partial charge in [-0.25, -0.2) is 12.8 Å². The molecule has 1 heterocycles. The van der Waals surface area contributed by atoms with Gasteiger partial charge in [-0.05, 0) is 55.3 Å². The molecule has 1 N–H and O–H groups in total. The van der Waals surface area contributed by atoms with Crippen LogP contribution in [0.1, 0.15) is 12.8 Å². The molecule has 0 saturated carbocycles. The van der Waals surface area contributed by atoms with E-state index in [0.29, 0.717) is 24.4 Å². The van der Waals surface area contributed by atoms with E-state index in [1.807, 2.05) is 0 Å². The molecule has 5 nitrogen and oxygen atoms in total. The van der Waals surface area contributed by atoms with Crippen LogP contribution in [0.15, 0.2) is 51.8 Å². The number of hydrogen-bond acceptors (Lipinski definition) is 3. The van der Waals surface area contributed by atoms with Crippen molar-refractivity contribution in [1.82, 2.24) is 4.31 Å². The zero-order valence-corrected chi connectivity index (χ0v) is 17.3. The Morgan fingerprint density at radius 1 is 1.22 bits per heavy atom. The lowest BCUT2D eigenvalue weighted by Crippen LogP contribution is -2.43. The van der Waals surface area contributed by atoms with Crippen molar-refractivity contribution in [2.45, 2.75) is 17.7 Å². The summed E-state index contributed by atoms with van der Waals surface area (Å²) in [5, 5.41) is 2.81. The average molecular weight is 476 g/mol. The molecule has 1 saturated heterocycles. The molecule has 2 aromatic carbocycles. The first-order valence-electron chi connectivity index (χ1n) is 8.29. The largest absolute Gasteiger partial charge is 0.323 e. The molecule has 0 unspecified atom stereocenters. The minimum absolute atomic E-state index is 0.0135. The molecule has 1 amide bonds. The Morgan fingerprint density at radius 2 is 1.93 bits per heavy atom. The summed E-state index contributed by atoms with van der Waals surface area (Å²) in [5.74, 6) is -1.59. The van der Waals surface area contributed by atoms with Crippen LogP contribution in [0.5, 0.6) is 0 Å². The maximum Gasteiger partial charge on any atom is 0.243 e. The maximum atomic E-state index is 13.8. The fourth-order valence-electron chi connectivity index (χ4n) is 2.96. The molecule has 144 valence electrons. The van der Waals surface area contributed by atoms with Gasteiger partial charge in [-0.3, -0.25) is 4.79 Å². The highest BCUT2D eigenvalue weighted by Gasteiger charge is 2.33. The standard InChI is InChI=1S/C18H17BrClFN2O3S/c19-13-3-6-15(7-4-13)27(25,26)23-9-1-2-12(11-23)18(24)22-17-10-14(20)5-8-16(17)21/h3-8,10,12H,1-2,9,11H2,(H,22,24)/t12-/m1/s1. The summed E-state index contributed by atoms with van der Waals surface area (Å²) in [6, 6.07) is 10.2. The number of benzene rings is 2. The molecule has 0 radical (unpaired) electrons. The van der Waals surface area contributed by atoms with Gasteiger partial charge >= 0.3 is 0 Å². The average Bonchev–Trinajstić information content (AvgIpc) is 2.65. The number of halogens is 3. The molecule has 0 spiro atoms. The predicted octanol–water partition coefficient (Wildman–Crippen LogP) is 4.28. The lowest BCUT2D eigenvalue weighted by Gasteiger charge is -2.31. The van der Waals surface area contributed by atoms with E-state index in [1.165, 1.54) is 34.6 Å². The Morgan fingerprint density at radius 3 is 2.63 bits per heavy atom. The van der Waals surface area contributed by atoms with E-state index in [0.717, 1.165) is 4.47 Å². The van der Waals surface area contributed by atoms with E-state index in [4.69, 9.17) is 11.6 Å². The number of carbonyl (C=O) groups excluding carboxylic acids is 1. The second-order valence-corrected chi connectivity index (χ2v) is 9.56. The first kappa shape index (κ1) is 20.3. The van der Waals surface area contributed by atoms with Gasteiger partial charge in [0.05, 0.1) is 16.5 Å². The van der Waals surface area contributed by atoms with Crippen molar-refractivity contribution in [2.24, 2.45) is 5.92 Å². The van der Waals surface area contributed by atoms with Gasteiger partial charge < -0.3 is 5.32 Å². The second kappa shape index (κ2) is 8.26. The summed E-state index contributed by atoms with van der Waals surface area (Å²) in [6.07, 6.45) is 1.08. The molecule has 0 bridgehead atoms. The minimum atomic E-state index is -3.70. The normalized spacial score (nSPS) is 18.3. The number of amides is 1. The molecule has 1 aliphatic heterocycles. The first-order valence-corrected chi connectivity index (χ1v) is 10.9. The van der Waals surface area contributed by atoms with E-state index >= 15 is 0 Å². The topological polar surface area (TPSA) is 66.5 Å². The molecule has 3 rings (SSSR count). The summed E-state index contributed by atoms with van der Waals surface area (Å²) in [6.45, 7) is 0.389. The summed E-state index contributed by atoms with van der Waals surface area (Å²) >= 11 is 9.12. The Hall–Kier alpha value is -1.48. The van der Waals surface area contributed by atoms with Crippen LogP contribution in [0, 0.1) is 11.7 Å². The third-order valence-electron chi connectivity index (χ3n) is 4.39. The number of sulfonamides is 1. The smallest absolute Gasteiger partial charge is 0.243 e. The first-order chi connectivity index (χ1) is 12.8. The lowest BCUT2D eigenvalue weighted by atomic mass is 9.98. The molecular weight excluding hydrogens is 459 g/mol. The summed E-state index contributed by atoms with van der Waals surface area (Å²) < 4.78 is 41.6. The van der Waals surface area contributed by atoms with Gasteiger partial charge in [0, 0.05) is 22.6 Å². The monoisotopic (exact) mass is 474 g/mol. The van der Waals surface area contributed by atoms with Crippen LogP contribution >= 0.6 is 27.5 Å². The number of rotatable bonds is 4. The Bertz CT molecular complexity index is 954. The number of nitrogens with zero attached hydrogens (tertiary/aromatic N) is 1. The minimum Gasteiger partial charge on any atom is -0.323 e. The molecule has 27 heavy (non-hydrogen) atoms. The van der Waals surface area contributed by atoms with E-state index in [1.54, 1.807) is 12.1 Å². The fourth-order valence-corrected chi connectivity index (χ4v) is 4.92. The van der Waals surface area contributed by atoms with Crippen molar-refractivity contribution in [2.75, 3.05) is 18.4 Å². The van der Waals surface area contributed by atoms with Crippen LogP contribution in [0.25, 0.3) is 0 Å². The highest BCUT2D eigenvalue weighted by molar-refractivity contribution is 9.10. The highest BCUT2D eigenvalue weighted by Crippen LogP contribution is 2.26. The molecule has 9 heteroatoms. The van der Waals surface area contributed by atoms with Crippen molar-refractivity contribution in [3.63, 3.8) is 0 Å². The SMILES string of the molecule is O=C(Nc1cc(Cl)ccc1F)[C@@H]1CCCN(S(=O)(=O)c2ccc(Br)cc2)C1. The predicted molar refractivity (Wildman–Crippen MR) is 106 cm³/mol. The van der Waals surface area contributed by atoms with Gasteiger partial charge in [0.15, 0.2) is 0 Å². The number of piperidine rings is 1. The Kier molecular flexibility index (Phi) is 6.20. The van der Waals surface area contributed by atoms with Crippen molar-refractivity contribution in [3.05, 3.63) is 57.8 Å². The van der Waals surface area contributed by atoms with E-state index in [9.17, 15) is 17.6 Å². The number of nitrogens with one attached hydrogen (secondary N) is 1. The second-order valence-electron chi connectivity index (χ2n) is 6.27. The van der Waals surface area contributed by atoms with Crippen molar-refractivity contribution in [1.29, 1.82) is 0 Å². The number of hydrogen-bond donors (Lipinski definition) is 1. The quantitative estimate of drug-likeness (QED) is 0.718. The van der Waals surface area contributed by atoms with Crippen LogP contribution in [0.3, 0.4) is 0 Å². The maximum absolute atomic E-state index is 13.8. The molecule has 2 aromatic rings. The Labute approximate surface area is 170 Å². The molecular formula is C18H17BrClFN2O3S. The van der Waals surface area contributed by atoms with Gasteiger partial charge in [0.25, 0.3) is 0 Å². The van der Waals surface area contributed by atoms with E-state index in [-0.39, 0.29) is 17.1 Å².